The second-order valence-corrected chi connectivity index (χ2v) is 10.2. The Morgan fingerprint density at radius 3 is 2.29 bits per heavy atom. The van der Waals surface area contributed by atoms with Crippen LogP contribution in [-0.2, 0) is 26.2 Å². The number of anilines is 1. The highest BCUT2D eigenvalue weighted by atomic mass is 35.5. The van der Waals surface area contributed by atoms with Gasteiger partial charge in [0.25, 0.3) is 10.0 Å². The molecule has 3 aromatic rings. The van der Waals surface area contributed by atoms with Gasteiger partial charge in [0.1, 0.15) is 6.54 Å². The molecule has 0 unspecified atom stereocenters. The van der Waals surface area contributed by atoms with Crippen LogP contribution in [0.1, 0.15) is 22.3 Å². The van der Waals surface area contributed by atoms with Crippen LogP contribution >= 0.6 is 11.6 Å². The van der Waals surface area contributed by atoms with E-state index in [2.05, 4.69) is 5.32 Å². The molecule has 1 amide bonds. The van der Waals surface area contributed by atoms with Gasteiger partial charge in [0.2, 0.25) is 5.91 Å². The van der Waals surface area contributed by atoms with E-state index in [0.29, 0.717) is 21.8 Å². The van der Waals surface area contributed by atoms with Gasteiger partial charge in [0, 0.05) is 17.6 Å². The summed E-state index contributed by atoms with van der Waals surface area (Å²) in [5, 5.41) is 11.9. The molecule has 0 radical (unpaired) electrons. The molecule has 0 spiro atoms. The summed E-state index contributed by atoms with van der Waals surface area (Å²) in [4.78, 5) is 23.6. The molecule has 0 aromatic heterocycles. The zero-order valence-corrected chi connectivity index (χ0v) is 20.8. The quantitative estimate of drug-likeness (QED) is 0.409. The van der Waals surface area contributed by atoms with Crippen molar-refractivity contribution < 1.29 is 23.1 Å². The highest BCUT2D eigenvalue weighted by Crippen LogP contribution is 2.30. The molecule has 182 valence electrons. The van der Waals surface area contributed by atoms with Gasteiger partial charge in [0.15, 0.2) is 0 Å². The summed E-state index contributed by atoms with van der Waals surface area (Å²) in [5.41, 5.74) is 3.26. The van der Waals surface area contributed by atoms with E-state index in [4.69, 9.17) is 16.7 Å². The fourth-order valence-corrected chi connectivity index (χ4v) is 4.95. The number of carboxylic acid groups (broad SMARTS) is 1. The first kappa shape index (κ1) is 26.0. The third-order valence-electron chi connectivity index (χ3n) is 5.29. The molecule has 0 fully saturated rings. The first-order valence-corrected chi connectivity index (χ1v) is 12.5. The largest absolute Gasteiger partial charge is 0.478 e. The Morgan fingerprint density at radius 2 is 1.66 bits per heavy atom. The molecule has 3 rings (SSSR count). The first-order valence-electron chi connectivity index (χ1n) is 10.7. The summed E-state index contributed by atoms with van der Waals surface area (Å²) >= 11 is 6.25. The van der Waals surface area contributed by atoms with Crippen LogP contribution in [0.2, 0.25) is 5.02 Å². The Bertz CT molecular complexity index is 1350. The number of sulfonamides is 1. The number of carboxylic acids is 1. The van der Waals surface area contributed by atoms with Crippen molar-refractivity contribution in [2.75, 3.05) is 10.8 Å². The van der Waals surface area contributed by atoms with Crippen molar-refractivity contribution in [1.29, 1.82) is 0 Å². The number of nitrogens with one attached hydrogen (secondary N) is 1. The summed E-state index contributed by atoms with van der Waals surface area (Å²) in [5.74, 6) is -1.53. The van der Waals surface area contributed by atoms with E-state index >= 15 is 0 Å². The summed E-state index contributed by atoms with van der Waals surface area (Å²) in [6, 6.07) is 18.3. The van der Waals surface area contributed by atoms with Crippen molar-refractivity contribution in [2.24, 2.45) is 0 Å². The fraction of sp³-hybridized carbons (Fsp3) is 0.154. The number of hydrogen-bond donors (Lipinski definition) is 2. The lowest BCUT2D eigenvalue weighted by Gasteiger charge is -2.26. The van der Waals surface area contributed by atoms with Crippen LogP contribution in [0.5, 0.6) is 0 Å². The maximum Gasteiger partial charge on any atom is 0.328 e. The Kier molecular flexibility index (Phi) is 8.32. The molecule has 0 saturated carbocycles. The maximum absolute atomic E-state index is 13.5. The fourth-order valence-electron chi connectivity index (χ4n) is 3.30. The van der Waals surface area contributed by atoms with E-state index in [1.54, 1.807) is 61.5 Å². The van der Waals surface area contributed by atoms with Gasteiger partial charge in [-0.3, -0.25) is 9.10 Å². The van der Waals surface area contributed by atoms with Crippen molar-refractivity contribution in [3.8, 4) is 0 Å². The average Bonchev–Trinajstić information content (AvgIpc) is 2.82. The number of carbonyl (C=O) groups excluding carboxylic acids is 1. The van der Waals surface area contributed by atoms with Gasteiger partial charge in [-0.15, -0.1) is 0 Å². The SMILES string of the molecule is Cc1ccc(S(=O)(=O)N(CC(=O)NCc2ccc(/C=C/C(=O)O)cc2)c2cccc(Cl)c2C)cc1. The minimum Gasteiger partial charge on any atom is -0.478 e. The molecule has 0 atom stereocenters. The third kappa shape index (κ3) is 6.71. The van der Waals surface area contributed by atoms with Gasteiger partial charge >= 0.3 is 5.97 Å². The second kappa shape index (κ2) is 11.2. The number of benzene rings is 3. The second-order valence-electron chi connectivity index (χ2n) is 7.90. The molecule has 0 saturated heterocycles. The molecule has 0 bridgehead atoms. The van der Waals surface area contributed by atoms with Crippen molar-refractivity contribution in [1.82, 2.24) is 5.32 Å². The van der Waals surface area contributed by atoms with Crippen LogP contribution < -0.4 is 9.62 Å². The number of carbonyl (C=O) groups is 2. The van der Waals surface area contributed by atoms with Crippen LogP contribution in [0.4, 0.5) is 5.69 Å². The number of rotatable bonds is 9. The van der Waals surface area contributed by atoms with Gasteiger partial charge in [0.05, 0.1) is 10.6 Å². The van der Waals surface area contributed by atoms with Crippen LogP contribution in [0, 0.1) is 13.8 Å². The summed E-state index contributed by atoms with van der Waals surface area (Å²) in [6.45, 7) is 3.30. The number of nitrogens with zero attached hydrogens (tertiary/aromatic N) is 1. The smallest absolute Gasteiger partial charge is 0.328 e. The minimum absolute atomic E-state index is 0.0697. The van der Waals surface area contributed by atoms with E-state index < -0.39 is 28.4 Å². The number of aliphatic carboxylic acids is 1. The van der Waals surface area contributed by atoms with Crippen molar-refractivity contribution in [2.45, 2.75) is 25.3 Å². The number of halogens is 1. The van der Waals surface area contributed by atoms with Crippen LogP contribution in [-0.4, -0.2) is 31.9 Å². The van der Waals surface area contributed by atoms with Crippen LogP contribution in [0.3, 0.4) is 0 Å². The average molecular weight is 513 g/mol. The predicted octanol–water partition coefficient (Wildman–Crippen LogP) is 4.57. The number of aryl methyl sites for hydroxylation is 1. The Morgan fingerprint density at radius 1 is 1.00 bits per heavy atom. The third-order valence-corrected chi connectivity index (χ3v) is 7.48. The van der Waals surface area contributed by atoms with Crippen molar-refractivity contribution in [3.05, 3.63) is 100 Å². The van der Waals surface area contributed by atoms with Crippen LogP contribution in [0.15, 0.2) is 77.7 Å². The summed E-state index contributed by atoms with van der Waals surface area (Å²) in [6.07, 6.45) is 2.50. The lowest BCUT2D eigenvalue weighted by atomic mass is 10.1. The van der Waals surface area contributed by atoms with Gasteiger partial charge in [-0.25, -0.2) is 13.2 Å². The van der Waals surface area contributed by atoms with Crippen LogP contribution in [0.25, 0.3) is 6.08 Å². The zero-order valence-electron chi connectivity index (χ0n) is 19.2. The number of amides is 1. The molecule has 3 aromatic carbocycles. The van der Waals surface area contributed by atoms with E-state index in [-0.39, 0.29) is 11.4 Å². The molecule has 7 nitrogen and oxygen atoms in total. The van der Waals surface area contributed by atoms with E-state index in [9.17, 15) is 18.0 Å². The normalized spacial score (nSPS) is 11.4. The van der Waals surface area contributed by atoms with Crippen molar-refractivity contribution >= 4 is 45.3 Å². The minimum atomic E-state index is -4.05. The van der Waals surface area contributed by atoms with E-state index in [0.717, 1.165) is 21.5 Å². The highest BCUT2D eigenvalue weighted by Gasteiger charge is 2.28. The Labute approximate surface area is 209 Å². The van der Waals surface area contributed by atoms with E-state index in [1.807, 2.05) is 6.92 Å². The van der Waals surface area contributed by atoms with Gasteiger partial charge in [-0.2, -0.15) is 0 Å². The zero-order chi connectivity index (χ0) is 25.6. The molecule has 0 aliphatic carbocycles. The molecule has 9 heteroatoms. The predicted molar refractivity (Wildman–Crippen MR) is 137 cm³/mol. The lowest BCUT2D eigenvalue weighted by Crippen LogP contribution is -2.41. The molecule has 2 N–H and O–H groups in total. The monoisotopic (exact) mass is 512 g/mol. The maximum atomic E-state index is 13.5. The van der Waals surface area contributed by atoms with Crippen molar-refractivity contribution in [3.63, 3.8) is 0 Å². The highest BCUT2D eigenvalue weighted by molar-refractivity contribution is 7.92. The molecule has 0 heterocycles. The standard InChI is InChI=1S/C26H25ClN2O5S/c1-18-6-13-22(14-7-18)35(33,34)29(24-5-3-4-23(27)19(24)2)17-25(30)28-16-21-10-8-20(9-11-21)12-15-26(31)32/h3-15H,16-17H2,1-2H3,(H,28,30)(H,31,32)/b15-12+. The summed E-state index contributed by atoms with van der Waals surface area (Å²) in [7, 11) is -4.05. The number of hydrogen-bond acceptors (Lipinski definition) is 4. The molecule has 0 aliphatic heterocycles. The first-order chi connectivity index (χ1) is 16.6. The van der Waals surface area contributed by atoms with Gasteiger partial charge in [-0.1, -0.05) is 59.6 Å². The van der Waals surface area contributed by atoms with Gasteiger partial charge in [-0.05, 0) is 60.9 Å². The molecular formula is C26H25ClN2O5S. The Balaban J connectivity index is 1.81. The van der Waals surface area contributed by atoms with E-state index in [1.165, 1.54) is 18.2 Å². The molecular weight excluding hydrogens is 488 g/mol. The Hall–Kier alpha value is -3.62. The molecule has 35 heavy (non-hydrogen) atoms. The van der Waals surface area contributed by atoms with Gasteiger partial charge < -0.3 is 10.4 Å². The topological polar surface area (TPSA) is 104 Å². The summed E-state index contributed by atoms with van der Waals surface area (Å²) < 4.78 is 28.1. The molecule has 0 aliphatic rings. The lowest BCUT2D eigenvalue weighted by molar-refractivity contribution is -0.131.